The highest BCUT2D eigenvalue weighted by atomic mass is 35.5. The molecule has 2 aromatic carbocycles. The van der Waals surface area contributed by atoms with Crippen molar-refractivity contribution in [1.82, 2.24) is 0 Å². The van der Waals surface area contributed by atoms with Crippen LogP contribution >= 0.6 is 23.2 Å². The number of anilines is 1. The highest BCUT2D eigenvalue weighted by Crippen LogP contribution is 2.26. The van der Waals surface area contributed by atoms with Crippen LogP contribution in [0.4, 0.5) is 5.69 Å². The summed E-state index contributed by atoms with van der Waals surface area (Å²) in [4.78, 5) is 0. The second kappa shape index (κ2) is 5.72. The maximum Gasteiger partial charge on any atom is 0.118 e. The van der Waals surface area contributed by atoms with Crippen LogP contribution in [-0.4, -0.2) is 5.11 Å². The van der Waals surface area contributed by atoms with Crippen molar-refractivity contribution in [1.29, 1.82) is 0 Å². The maximum absolute atomic E-state index is 9.62. The van der Waals surface area contributed by atoms with Crippen LogP contribution in [0.5, 0.6) is 5.75 Å². The summed E-state index contributed by atoms with van der Waals surface area (Å²) < 4.78 is 0. The average molecular weight is 296 g/mol. The summed E-state index contributed by atoms with van der Waals surface area (Å²) in [5.74, 6) is 0.317. The van der Waals surface area contributed by atoms with Gasteiger partial charge in [0.1, 0.15) is 5.75 Å². The van der Waals surface area contributed by atoms with Crippen LogP contribution in [0.25, 0.3) is 0 Å². The van der Waals surface area contributed by atoms with Crippen molar-refractivity contribution in [2.45, 2.75) is 20.4 Å². The van der Waals surface area contributed by atoms with Crippen LogP contribution in [0.1, 0.15) is 16.7 Å². The Morgan fingerprint density at radius 1 is 1.00 bits per heavy atom. The van der Waals surface area contributed by atoms with Gasteiger partial charge in [0.2, 0.25) is 0 Å². The van der Waals surface area contributed by atoms with Crippen LogP contribution < -0.4 is 5.32 Å². The Morgan fingerprint density at radius 2 is 1.74 bits per heavy atom. The van der Waals surface area contributed by atoms with Crippen LogP contribution in [0.3, 0.4) is 0 Å². The van der Waals surface area contributed by atoms with Gasteiger partial charge in [0, 0.05) is 12.2 Å². The maximum atomic E-state index is 9.62. The van der Waals surface area contributed by atoms with E-state index in [1.165, 1.54) is 0 Å². The topological polar surface area (TPSA) is 32.3 Å². The molecule has 0 bridgehead atoms. The van der Waals surface area contributed by atoms with Gasteiger partial charge in [-0.3, -0.25) is 0 Å². The first-order valence-corrected chi connectivity index (χ1v) is 6.71. The molecule has 2 N–H and O–H groups in total. The molecule has 4 heteroatoms. The van der Waals surface area contributed by atoms with E-state index in [9.17, 15) is 5.11 Å². The van der Waals surface area contributed by atoms with E-state index in [0.29, 0.717) is 22.3 Å². The molecule has 0 aliphatic carbocycles. The number of halogens is 2. The summed E-state index contributed by atoms with van der Waals surface area (Å²) in [5.41, 5.74) is 3.91. The molecule has 0 heterocycles. The lowest BCUT2D eigenvalue weighted by atomic mass is 10.1. The molecule has 0 spiro atoms. The number of rotatable bonds is 3. The van der Waals surface area contributed by atoms with Gasteiger partial charge in [-0.05, 0) is 54.8 Å². The normalized spacial score (nSPS) is 10.5. The Kier molecular flexibility index (Phi) is 4.23. The summed E-state index contributed by atoms with van der Waals surface area (Å²) in [7, 11) is 0. The van der Waals surface area contributed by atoms with Crippen molar-refractivity contribution in [2.75, 3.05) is 5.32 Å². The quantitative estimate of drug-likeness (QED) is 0.787. The highest BCUT2D eigenvalue weighted by molar-refractivity contribution is 6.42. The summed E-state index contributed by atoms with van der Waals surface area (Å²) in [6.07, 6.45) is 0. The molecule has 0 atom stereocenters. The summed E-state index contributed by atoms with van der Waals surface area (Å²) >= 11 is 11.9. The molecule has 0 aromatic heterocycles. The third-order valence-corrected chi connectivity index (χ3v) is 3.75. The largest absolute Gasteiger partial charge is 0.508 e. The van der Waals surface area contributed by atoms with Gasteiger partial charge < -0.3 is 10.4 Å². The standard InChI is InChI=1S/C15H15Cl2NO/c1-9-6-15(19)10(2)5-14(9)18-8-11-3-4-12(16)13(17)7-11/h3-7,18-19H,8H2,1-2H3. The minimum Gasteiger partial charge on any atom is -0.508 e. The fourth-order valence-electron chi connectivity index (χ4n) is 1.84. The average Bonchev–Trinajstić information content (AvgIpc) is 2.36. The predicted molar refractivity (Wildman–Crippen MR) is 81.4 cm³/mol. The zero-order chi connectivity index (χ0) is 14.0. The monoisotopic (exact) mass is 295 g/mol. The van der Waals surface area contributed by atoms with Gasteiger partial charge in [-0.15, -0.1) is 0 Å². The molecule has 19 heavy (non-hydrogen) atoms. The molecule has 0 aliphatic rings. The second-order valence-electron chi connectivity index (χ2n) is 4.56. The minimum atomic E-state index is 0.317. The number of aromatic hydroxyl groups is 1. The molecule has 0 amide bonds. The smallest absolute Gasteiger partial charge is 0.118 e. The number of hydrogen-bond donors (Lipinski definition) is 2. The van der Waals surface area contributed by atoms with E-state index in [2.05, 4.69) is 5.32 Å². The second-order valence-corrected chi connectivity index (χ2v) is 5.37. The molecular formula is C15H15Cl2NO. The van der Waals surface area contributed by atoms with E-state index in [1.807, 2.05) is 32.0 Å². The van der Waals surface area contributed by atoms with Gasteiger partial charge in [-0.1, -0.05) is 29.3 Å². The van der Waals surface area contributed by atoms with Crippen LogP contribution in [0, 0.1) is 13.8 Å². The first kappa shape index (κ1) is 14.0. The fraction of sp³-hybridized carbons (Fsp3) is 0.200. The molecule has 0 saturated heterocycles. The van der Waals surface area contributed by atoms with Crippen molar-refractivity contribution in [3.8, 4) is 5.75 Å². The van der Waals surface area contributed by atoms with E-state index >= 15 is 0 Å². The third kappa shape index (κ3) is 3.34. The number of phenols is 1. The molecule has 0 unspecified atom stereocenters. The molecule has 2 aromatic rings. The number of aryl methyl sites for hydroxylation is 2. The molecule has 2 rings (SSSR count). The minimum absolute atomic E-state index is 0.317. The van der Waals surface area contributed by atoms with E-state index in [0.717, 1.165) is 22.4 Å². The first-order chi connectivity index (χ1) is 8.97. The van der Waals surface area contributed by atoms with Gasteiger partial charge >= 0.3 is 0 Å². The van der Waals surface area contributed by atoms with Crippen molar-refractivity contribution < 1.29 is 5.11 Å². The molecule has 0 fully saturated rings. The van der Waals surface area contributed by atoms with Crippen molar-refractivity contribution >= 4 is 28.9 Å². The predicted octanol–water partition coefficient (Wildman–Crippen LogP) is 4.93. The SMILES string of the molecule is Cc1cc(NCc2ccc(Cl)c(Cl)c2)c(C)cc1O. The van der Waals surface area contributed by atoms with Crippen molar-refractivity contribution in [3.05, 3.63) is 57.1 Å². The lowest BCUT2D eigenvalue weighted by Crippen LogP contribution is -2.01. The van der Waals surface area contributed by atoms with E-state index in [4.69, 9.17) is 23.2 Å². The molecule has 2 nitrogen and oxygen atoms in total. The lowest BCUT2D eigenvalue weighted by molar-refractivity contribution is 0.471. The number of nitrogens with one attached hydrogen (secondary N) is 1. The Labute approximate surface area is 123 Å². The van der Waals surface area contributed by atoms with Gasteiger partial charge in [-0.25, -0.2) is 0 Å². The highest BCUT2D eigenvalue weighted by Gasteiger charge is 2.04. The Hall–Kier alpha value is -1.38. The summed E-state index contributed by atoms with van der Waals surface area (Å²) in [6.45, 7) is 4.48. The van der Waals surface area contributed by atoms with Gasteiger partial charge in [-0.2, -0.15) is 0 Å². The zero-order valence-electron chi connectivity index (χ0n) is 10.8. The molecule has 100 valence electrons. The zero-order valence-corrected chi connectivity index (χ0v) is 12.3. The van der Waals surface area contributed by atoms with Crippen LogP contribution in [-0.2, 0) is 6.54 Å². The fourth-order valence-corrected chi connectivity index (χ4v) is 2.16. The van der Waals surface area contributed by atoms with E-state index in [-0.39, 0.29) is 0 Å². The van der Waals surface area contributed by atoms with Crippen molar-refractivity contribution in [3.63, 3.8) is 0 Å². The first-order valence-electron chi connectivity index (χ1n) is 5.95. The van der Waals surface area contributed by atoms with E-state index < -0.39 is 0 Å². The molecule has 0 saturated carbocycles. The number of benzene rings is 2. The number of hydrogen-bond acceptors (Lipinski definition) is 2. The van der Waals surface area contributed by atoms with Crippen molar-refractivity contribution in [2.24, 2.45) is 0 Å². The lowest BCUT2D eigenvalue weighted by Gasteiger charge is -2.12. The Morgan fingerprint density at radius 3 is 2.42 bits per heavy atom. The van der Waals surface area contributed by atoms with Gasteiger partial charge in [0.25, 0.3) is 0 Å². The Bertz CT molecular complexity index is 611. The Balaban J connectivity index is 2.14. The van der Waals surface area contributed by atoms with Crippen LogP contribution in [0.2, 0.25) is 10.0 Å². The molecule has 0 aliphatic heterocycles. The molecular weight excluding hydrogens is 281 g/mol. The van der Waals surface area contributed by atoms with Gasteiger partial charge in [0.15, 0.2) is 0 Å². The van der Waals surface area contributed by atoms with Crippen LogP contribution in [0.15, 0.2) is 30.3 Å². The summed E-state index contributed by atoms with van der Waals surface area (Å²) in [6, 6.07) is 9.26. The van der Waals surface area contributed by atoms with E-state index in [1.54, 1.807) is 12.1 Å². The number of phenolic OH excluding ortho intramolecular Hbond substituents is 1. The van der Waals surface area contributed by atoms with Gasteiger partial charge in [0.05, 0.1) is 10.0 Å². The summed E-state index contributed by atoms with van der Waals surface area (Å²) in [5, 5.41) is 14.1. The molecule has 0 radical (unpaired) electrons. The third-order valence-electron chi connectivity index (χ3n) is 3.01.